The second kappa shape index (κ2) is 5.69. The van der Waals surface area contributed by atoms with Gasteiger partial charge in [0, 0.05) is 24.8 Å². The molecule has 0 N–H and O–H groups in total. The second-order valence-corrected chi connectivity index (χ2v) is 3.98. The van der Waals surface area contributed by atoms with Crippen LogP contribution in [0.1, 0.15) is 33.1 Å². The summed E-state index contributed by atoms with van der Waals surface area (Å²) in [5.41, 5.74) is 0. The SMILES string of the molecule is CCOC1=CC(=O)[C@H](CCC=O)[C@@H](C)C1. The highest BCUT2D eigenvalue weighted by molar-refractivity contribution is 5.93. The molecule has 0 unspecified atom stereocenters. The molecule has 0 aromatic carbocycles. The van der Waals surface area contributed by atoms with Crippen LogP contribution in [0.3, 0.4) is 0 Å². The average molecular weight is 210 g/mol. The van der Waals surface area contributed by atoms with Crippen LogP contribution in [-0.2, 0) is 14.3 Å². The Morgan fingerprint density at radius 1 is 1.60 bits per heavy atom. The molecule has 0 amide bonds. The summed E-state index contributed by atoms with van der Waals surface area (Å²) >= 11 is 0. The largest absolute Gasteiger partial charge is 0.498 e. The summed E-state index contributed by atoms with van der Waals surface area (Å²) in [6.07, 6.45) is 4.42. The van der Waals surface area contributed by atoms with Gasteiger partial charge in [0.05, 0.1) is 12.4 Å². The van der Waals surface area contributed by atoms with Crippen LogP contribution < -0.4 is 0 Å². The predicted octanol–water partition coefficient (Wildman–Crippen LogP) is 2.11. The van der Waals surface area contributed by atoms with Gasteiger partial charge >= 0.3 is 0 Å². The molecule has 1 aliphatic rings. The van der Waals surface area contributed by atoms with Gasteiger partial charge < -0.3 is 9.53 Å². The van der Waals surface area contributed by atoms with Gasteiger partial charge in [-0.25, -0.2) is 0 Å². The van der Waals surface area contributed by atoms with E-state index in [9.17, 15) is 9.59 Å². The fourth-order valence-corrected chi connectivity index (χ4v) is 2.03. The van der Waals surface area contributed by atoms with E-state index in [-0.39, 0.29) is 17.6 Å². The summed E-state index contributed by atoms with van der Waals surface area (Å²) in [4.78, 5) is 22.0. The lowest BCUT2D eigenvalue weighted by atomic mass is 9.80. The van der Waals surface area contributed by atoms with Crippen LogP contribution in [-0.4, -0.2) is 18.7 Å². The van der Waals surface area contributed by atoms with Crippen molar-refractivity contribution >= 4 is 12.1 Å². The first kappa shape index (κ1) is 12.0. The van der Waals surface area contributed by atoms with E-state index < -0.39 is 0 Å². The third kappa shape index (κ3) is 3.18. The molecule has 3 nitrogen and oxygen atoms in total. The smallest absolute Gasteiger partial charge is 0.162 e. The Kier molecular flexibility index (Phi) is 4.53. The maximum Gasteiger partial charge on any atom is 0.162 e. The first-order chi connectivity index (χ1) is 7.19. The minimum absolute atomic E-state index is 0.000550. The van der Waals surface area contributed by atoms with E-state index in [1.54, 1.807) is 6.08 Å². The molecule has 3 heteroatoms. The zero-order valence-corrected chi connectivity index (χ0v) is 9.36. The maximum atomic E-state index is 11.7. The van der Waals surface area contributed by atoms with Crippen molar-refractivity contribution in [3.05, 3.63) is 11.8 Å². The van der Waals surface area contributed by atoms with Crippen molar-refractivity contribution in [1.82, 2.24) is 0 Å². The Balaban J connectivity index is 2.62. The molecule has 0 bridgehead atoms. The zero-order chi connectivity index (χ0) is 11.3. The van der Waals surface area contributed by atoms with Gasteiger partial charge in [-0.1, -0.05) is 6.92 Å². The number of carbonyl (C=O) groups is 2. The summed E-state index contributed by atoms with van der Waals surface area (Å²) in [6, 6.07) is 0. The van der Waals surface area contributed by atoms with Gasteiger partial charge in [0.1, 0.15) is 6.29 Å². The van der Waals surface area contributed by atoms with Crippen LogP contribution in [0.5, 0.6) is 0 Å². The van der Waals surface area contributed by atoms with Crippen molar-refractivity contribution in [2.45, 2.75) is 33.1 Å². The zero-order valence-electron chi connectivity index (χ0n) is 9.36. The van der Waals surface area contributed by atoms with E-state index in [2.05, 4.69) is 0 Å². The van der Waals surface area contributed by atoms with Crippen molar-refractivity contribution < 1.29 is 14.3 Å². The number of hydrogen-bond donors (Lipinski definition) is 0. The summed E-state index contributed by atoms with van der Waals surface area (Å²) in [6.45, 7) is 4.55. The van der Waals surface area contributed by atoms with Gasteiger partial charge in [-0.05, 0) is 19.3 Å². The molecule has 0 heterocycles. The number of carbonyl (C=O) groups excluding carboxylic acids is 2. The molecule has 0 aromatic heterocycles. The Bertz CT molecular complexity index is 268. The Morgan fingerprint density at radius 2 is 2.33 bits per heavy atom. The standard InChI is InChI=1S/C12H18O3/c1-3-15-10-7-9(2)11(5-4-6-13)12(14)8-10/h6,8-9,11H,3-5,7H2,1-2H3/t9-,11+/m0/s1. The van der Waals surface area contributed by atoms with Crippen LogP contribution in [0.4, 0.5) is 0 Å². The van der Waals surface area contributed by atoms with Gasteiger partial charge in [0.2, 0.25) is 0 Å². The topological polar surface area (TPSA) is 43.4 Å². The third-order valence-electron chi connectivity index (χ3n) is 2.80. The van der Waals surface area contributed by atoms with E-state index in [0.717, 1.165) is 18.5 Å². The summed E-state index contributed by atoms with van der Waals surface area (Å²) < 4.78 is 5.35. The molecule has 0 spiro atoms. The lowest BCUT2D eigenvalue weighted by Crippen LogP contribution is -2.26. The predicted molar refractivity (Wildman–Crippen MR) is 57.3 cm³/mol. The number of aldehydes is 1. The van der Waals surface area contributed by atoms with Crippen LogP contribution in [0.15, 0.2) is 11.8 Å². The number of ether oxygens (including phenoxy) is 1. The van der Waals surface area contributed by atoms with E-state index in [1.807, 2.05) is 13.8 Å². The van der Waals surface area contributed by atoms with Gasteiger partial charge in [0.15, 0.2) is 5.78 Å². The monoisotopic (exact) mass is 210 g/mol. The molecule has 84 valence electrons. The quantitative estimate of drug-likeness (QED) is 0.653. The number of allylic oxidation sites excluding steroid dienone is 2. The Hall–Kier alpha value is -1.12. The highest BCUT2D eigenvalue weighted by atomic mass is 16.5. The van der Waals surface area contributed by atoms with Crippen LogP contribution in [0.25, 0.3) is 0 Å². The van der Waals surface area contributed by atoms with Crippen LogP contribution in [0, 0.1) is 11.8 Å². The molecule has 0 saturated carbocycles. The average Bonchev–Trinajstić information content (AvgIpc) is 2.17. The highest BCUT2D eigenvalue weighted by Gasteiger charge is 2.29. The van der Waals surface area contributed by atoms with Gasteiger partial charge in [-0.3, -0.25) is 4.79 Å². The molecule has 2 atom stereocenters. The van der Waals surface area contributed by atoms with Crippen molar-refractivity contribution in [2.75, 3.05) is 6.61 Å². The maximum absolute atomic E-state index is 11.7. The van der Waals surface area contributed by atoms with Crippen LogP contribution in [0.2, 0.25) is 0 Å². The van der Waals surface area contributed by atoms with E-state index in [0.29, 0.717) is 19.4 Å². The van der Waals surface area contributed by atoms with Crippen LogP contribution >= 0.6 is 0 Å². The minimum atomic E-state index is -0.000550. The lowest BCUT2D eigenvalue weighted by Gasteiger charge is -2.26. The molecular formula is C12H18O3. The van der Waals surface area contributed by atoms with Gasteiger partial charge in [-0.15, -0.1) is 0 Å². The fourth-order valence-electron chi connectivity index (χ4n) is 2.03. The molecule has 0 aromatic rings. The van der Waals surface area contributed by atoms with E-state index in [4.69, 9.17) is 4.74 Å². The Labute approximate surface area is 90.5 Å². The van der Waals surface area contributed by atoms with Gasteiger partial charge in [-0.2, -0.15) is 0 Å². The normalized spacial score (nSPS) is 26.0. The molecule has 0 radical (unpaired) electrons. The molecule has 0 fully saturated rings. The molecule has 0 saturated heterocycles. The van der Waals surface area contributed by atoms with Crippen molar-refractivity contribution in [2.24, 2.45) is 11.8 Å². The van der Waals surface area contributed by atoms with E-state index in [1.165, 1.54) is 0 Å². The molecular weight excluding hydrogens is 192 g/mol. The van der Waals surface area contributed by atoms with Gasteiger partial charge in [0.25, 0.3) is 0 Å². The highest BCUT2D eigenvalue weighted by Crippen LogP contribution is 2.30. The lowest BCUT2D eigenvalue weighted by molar-refractivity contribution is -0.121. The third-order valence-corrected chi connectivity index (χ3v) is 2.80. The molecule has 15 heavy (non-hydrogen) atoms. The first-order valence-electron chi connectivity index (χ1n) is 5.49. The summed E-state index contributed by atoms with van der Waals surface area (Å²) in [5.74, 6) is 1.18. The van der Waals surface area contributed by atoms with Crippen molar-refractivity contribution in [3.63, 3.8) is 0 Å². The van der Waals surface area contributed by atoms with E-state index >= 15 is 0 Å². The Morgan fingerprint density at radius 3 is 2.87 bits per heavy atom. The minimum Gasteiger partial charge on any atom is -0.498 e. The fraction of sp³-hybridized carbons (Fsp3) is 0.667. The first-order valence-corrected chi connectivity index (χ1v) is 5.49. The molecule has 0 aliphatic heterocycles. The van der Waals surface area contributed by atoms with Crippen molar-refractivity contribution in [1.29, 1.82) is 0 Å². The van der Waals surface area contributed by atoms with Crippen molar-refractivity contribution in [3.8, 4) is 0 Å². The summed E-state index contributed by atoms with van der Waals surface area (Å²) in [5, 5.41) is 0. The number of hydrogen-bond acceptors (Lipinski definition) is 3. The number of ketones is 1. The summed E-state index contributed by atoms with van der Waals surface area (Å²) in [7, 11) is 0. The second-order valence-electron chi connectivity index (χ2n) is 3.98. The molecule has 1 aliphatic carbocycles. The molecule has 1 rings (SSSR count). The number of rotatable bonds is 5.